The number of urea groups is 1. The van der Waals surface area contributed by atoms with E-state index in [1.54, 1.807) is 0 Å². The molecular formula is C23H28N2O. The molecule has 4 aliphatic carbocycles. The van der Waals surface area contributed by atoms with Gasteiger partial charge in [-0.15, -0.1) is 0 Å². The van der Waals surface area contributed by atoms with Gasteiger partial charge in [0.05, 0.1) is 5.69 Å². The van der Waals surface area contributed by atoms with Crippen molar-refractivity contribution in [3.8, 4) is 0 Å². The highest BCUT2D eigenvalue weighted by Gasteiger charge is 2.53. The summed E-state index contributed by atoms with van der Waals surface area (Å²) in [6.07, 6.45) is 8.26. The second-order valence-electron chi connectivity index (χ2n) is 9.13. The van der Waals surface area contributed by atoms with E-state index in [0.717, 1.165) is 34.2 Å². The Balaban J connectivity index is 1.31. The summed E-state index contributed by atoms with van der Waals surface area (Å²) in [7, 11) is 0. The third kappa shape index (κ3) is 2.69. The largest absolute Gasteiger partial charge is 0.335 e. The van der Waals surface area contributed by atoms with Crippen LogP contribution in [0, 0.1) is 23.2 Å². The van der Waals surface area contributed by atoms with E-state index >= 15 is 0 Å². The van der Waals surface area contributed by atoms with Crippen LogP contribution in [0.25, 0.3) is 10.8 Å². The lowest BCUT2D eigenvalue weighted by molar-refractivity contribution is -0.0679. The SMILES string of the molecule is CC(NC(=O)Nc1cccc2ccccc12)C12CC3CC(CC(C3)C1)C2. The predicted octanol–water partition coefficient (Wildman–Crippen LogP) is 5.57. The van der Waals surface area contributed by atoms with Gasteiger partial charge in [0.15, 0.2) is 0 Å². The number of rotatable bonds is 3. The van der Waals surface area contributed by atoms with Gasteiger partial charge in [0.1, 0.15) is 0 Å². The Bertz CT molecular complexity index is 802. The van der Waals surface area contributed by atoms with Crippen LogP contribution < -0.4 is 10.6 Å². The molecule has 4 saturated carbocycles. The summed E-state index contributed by atoms with van der Waals surface area (Å²) in [6, 6.07) is 14.4. The van der Waals surface area contributed by atoms with Crippen molar-refractivity contribution < 1.29 is 4.79 Å². The number of anilines is 1. The number of amides is 2. The van der Waals surface area contributed by atoms with Gasteiger partial charge in [0.2, 0.25) is 0 Å². The molecule has 0 saturated heterocycles. The number of fused-ring (bicyclic) bond motifs is 1. The van der Waals surface area contributed by atoms with Crippen LogP contribution in [0.1, 0.15) is 45.4 Å². The standard InChI is InChI=1S/C23H28N2O/c1-15(23-12-16-9-17(13-23)11-18(10-16)14-23)24-22(26)25-21-8-4-6-19-5-2-3-7-20(19)21/h2-8,15-18H,9-14H2,1H3,(H2,24,25,26). The van der Waals surface area contributed by atoms with Gasteiger partial charge >= 0.3 is 6.03 Å². The maximum atomic E-state index is 12.7. The topological polar surface area (TPSA) is 41.1 Å². The molecule has 0 radical (unpaired) electrons. The molecule has 0 spiro atoms. The molecule has 3 heteroatoms. The fraction of sp³-hybridized carbons (Fsp3) is 0.522. The van der Waals surface area contributed by atoms with Crippen molar-refractivity contribution in [3.05, 3.63) is 42.5 Å². The summed E-state index contributed by atoms with van der Waals surface area (Å²) < 4.78 is 0. The minimum Gasteiger partial charge on any atom is -0.335 e. The monoisotopic (exact) mass is 348 g/mol. The lowest BCUT2D eigenvalue weighted by Gasteiger charge is -2.59. The molecule has 2 aromatic rings. The van der Waals surface area contributed by atoms with Crippen molar-refractivity contribution in [2.75, 3.05) is 5.32 Å². The lowest BCUT2D eigenvalue weighted by Crippen LogP contribution is -2.56. The van der Waals surface area contributed by atoms with E-state index in [1.807, 2.05) is 24.3 Å². The maximum Gasteiger partial charge on any atom is 0.319 e. The zero-order valence-electron chi connectivity index (χ0n) is 15.5. The van der Waals surface area contributed by atoms with Crippen LogP contribution in [-0.4, -0.2) is 12.1 Å². The average Bonchev–Trinajstić information content (AvgIpc) is 2.61. The number of carbonyl (C=O) groups is 1. The average molecular weight is 348 g/mol. The molecule has 4 bridgehead atoms. The zero-order chi connectivity index (χ0) is 17.7. The summed E-state index contributed by atoms with van der Waals surface area (Å²) in [5.41, 5.74) is 1.23. The molecule has 4 fully saturated rings. The smallest absolute Gasteiger partial charge is 0.319 e. The Kier molecular flexibility index (Phi) is 3.73. The van der Waals surface area contributed by atoms with Gasteiger partial charge in [-0.3, -0.25) is 0 Å². The van der Waals surface area contributed by atoms with Crippen molar-refractivity contribution in [3.63, 3.8) is 0 Å². The van der Waals surface area contributed by atoms with Gasteiger partial charge in [-0.1, -0.05) is 36.4 Å². The van der Waals surface area contributed by atoms with Crippen molar-refractivity contribution in [2.45, 2.75) is 51.5 Å². The van der Waals surface area contributed by atoms with E-state index in [0.29, 0.717) is 5.41 Å². The molecule has 2 aromatic carbocycles. The van der Waals surface area contributed by atoms with Gasteiger partial charge in [0, 0.05) is 11.4 Å². The summed E-state index contributed by atoms with van der Waals surface area (Å²) in [6.45, 7) is 2.23. The van der Waals surface area contributed by atoms with Crippen molar-refractivity contribution >= 4 is 22.5 Å². The maximum absolute atomic E-state index is 12.7. The van der Waals surface area contributed by atoms with Crippen molar-refractivity contribution in [1.29, 1.82) is 0 Å². The highest BCUT2D eigenvalue weighted by atomic mass is 16.2. The summed E-state index contributed by atoms with van der Waals surface area (Å²) >= 11 is 0. The van der Waals surface area contributed by atoms with Crippen LogP contribution in [0.4, 0.5) is 10.5 Å². The molecular weight excluding hydrogens is 320 g/mol. The molecule has 4 aliphatic rings. The van der Waals surface area contributed by atoms with Crippen LogP contribution in [0.2, 0.25) is 0 Å². The number of hydrogen-bond donors (Lipinski definition) is 2. The highest BCUT2D eigenvalue weighted by Crippen LogP contribution is 2.61. The Hall–Kier alpha value is -2.03. The van der Waals surface area contributed by atoms with Crippen molar-refractivity contribution in [1.82, 2.24) is 5.32 Å². The quantitative estimate of drug-likeness (QED) is 0.748. The van der Waals surface area contributed by atoms with E-state index in [9.17, 15) is 4.79 Å². The number of nitrogens with one attached hydrogen (secondary N) is 2. The van der Waals surface area contributed by atoms with Gasteiger partial charge in [-0.2, -0.15) is 0 Å². The minimum absolute atomic E-state index is 0.0652. The molecule has 0 aromatic heterocycles. The van der Waals surface area contributed by atoms with Gasteiger partial charge < -0.3 is 10.6 Å². The summed E-state index contributed by atoms with van der Waals surface area (Å²) in [5, 5.41) is 8.64. The Labute approximate surface area is 155 Å². The predicted molar refractivity (Wildman–Crippen MR) is 106 cm³/mol. The second kappa shape index (κ2) is 6.00. The molecule has 3 nitrogen and oxygen atoms in total. The first-order valence-electron chi connectivity index (χ1n) is 10.2. The van der Waals surface area contributed by atoms with E-state index < -0.39 is 0 Å². The first-order valence-corrected chi connectivity index (χ1v) is 10.2. The third-order valence-corrected chi connectivity index (χ3v) is 7.39. The first kappa shape index (κ1) is 16.2. The Morgan fingerprint density at radius 3 is 2.27 bits per heavy atom. The molecule has 6 rings (SSSR count). The van der Waals surface area contributed by atoms with Crippen LogP contribution in [0.3, 0.4) is 0 Å². The molecule has 2 amide bonds. The van der Waals surface area contributed by atoms with Crippen LogP contribution in [0.5, 0.6) is 0 Å². The Morgan fingerprint density at radius 2 is 1.58 bits per heavy atom. The molecule has 0 heterocycles. The van der Waals surface area contributed by atoms with Gasteiger partial charge in [0.25, 0.3) is 0 Å². The highest BCUT2D eigenvalue weighted by molar-refractivity contribution is 6.01. The fourth-order valence-corrected chi connectivity index (χ4v) is 6.55. The lowest BCUT2D eigenvalue weighted by atomic mass is 9.48. The molecule has 26 heavy (non-hydrogen) atoms. The van der Waals surface area contributed by atoms with Crippen molar-refractivity contribution in [2.24, 2.45) is 23.2 Å². The molecule has 2 N–H and O–H groups in total. The van der Waals surface area contributed by atoms with E-state index in [1.165, 1.54) is 38.5 Å². The Morgan fingerprint density at radius 1 is 0.962 bits per heavy atom. The molecule has 0 aliphatic heterocycles. The van der Waals surface area contributed by atoms with Crippen LogP contribution >= 0.6 is 0 Å². The molecule has 1 unspecified atom stereocenters. The summed E-state index contributed by atoms with van der Waals surface area (Å²) in [5.74, 6) is 2.73. The fourth-order valence-electron chi connectivity index (χ4n) is 6.55. The van der Waals surface area contributed by atoms with Gasteiger partial charge in [-0.25, -0.2) is 4.79 Å². The number of carbonyl (C=O) groups excluding carboxylic acids is 1. The third-order valence-electron chi connectivity index (χ3n) is 7.39. The van der Waals surface area contributed by atoms with E-state index in [2.05, 4.69) is 35.8 Å². The second-order valence-corrected chi connectivity index (χ2v) is 9.13. The zero-order valence-corrected chi connectivity index (χ0v) is 15.5. The minimum atomic E-state index is -0.0652. The normalized spacial score (nSPS) is 33.2. The first-order chi connectivity index (χ1) is 12.6. The van der Waals surface area contributed by atoms with Gasteiger partial charge in [-0.05, 0) is 80.1 Å². The van der Waals surface area contributed by atoms with E-state index in [4.69, 9.17) is 0 Å². The van der Waals surface area contributed by atoms with Crippen LogP contribution in [0.15, 0.2) is 42.5 Å². The van der Waals surface area contributed by atoms with Crippen LogP contribution in [-0.2, 0) is 0 Å². The van der Waals surface area contributed by atoms with E-state index in [-0.39, 0.29) is 12.1 Å². The number of benzene rings is 2. The molecule has 136 valence electrons. The molecule has 1 atom stereocenters. The number of hydrogen-bond acceptors (Lipinski definition) is 1. The summed E-state index contributed by atoms with van der Waals surface area (Å²) in [4.78, 5) is 12.7.